The number of fused-ring (bicyclic) bond motifs is 1. The van der Waals surface area contributed by atoms with E-state index in [9.17, 15) is 4.39 Å². The highest BCUT2D eigenvalue weighted by molar-refractivity contribution is 5.83. The molecular formula is C13H16FN. The van der Waals surface area contributed by atoms with Gasteiger partial charge in [-0.05, 0) is 35.6 Å². The molecule has 0 spiro atoms. The number of halogens is 1. The molecule has 0 radical (unpaired) electrons. The summed E-state index contributed by atoms with van der Waals surface area (Å²) in [5.41, 5.74) is 2.22. The molecule has 1 aromatic carbocycles. The molecule has 0 amide bonds. The maximum Gasteiger partial charge on any atom is 0.123 e. The molecule has 1 N–H and O–H groups in total. The van der Waals surface area contributed by atoms with Crippen LogP contribution in [0.2, 0.25) is 0 Å². The number of hydrogen-bond donors (Lipinski definition) is 1. The molecule has 0 aliphatic carbocycles. The third-order valence-electron chi connectivity index (χ3n) is 3.17. The van der Waals surface area contributed by atoms with Crippen molar-refractivity contribution in [2.75, 3.05) is 0 Å². The molecule has 0 bridgehead atoms. The minimum Gasteiger partial charge on any atom is -0.361 e. The van der Waals surface area contributed by atoms with Gasteiger partial charge in [0.25, 0.3) is 0 Å². The zero-order valence-electron chi connectivity index (χ0n) is 9.34. The minimum atomic E-state index is -0.167. The summed E-state index contributed by atoms with van der Waals surface area (Å²) in [6, 6.07) is 4.89. The van der Waals surface area contributed by atoms with Gasteiger partial charge in [0.15, 0.2) is 0 Å². The Kier molecular flexibility index (Phi) is 2.51. The van der Waals surface area contributed by atoms with Crippen LogP contribution in [-0.4, -0.2) is 4.98 Å². The average molecular weight is 205 g/mol. The lowest BCUT2D eigenvalue weighted by Gasteiger charge is -2.14. The van der Waals surface area contributed by atoms with Gasteiger partial charge in [-0.2, -0.15) is 0 Å². The highest BCUT2D eigenvalue weighted by Crippen LogP contribution is 2.30. The Bertz CT molecular complexity index is 470. The van der Waals surface area contributed by atoms with Crippen LogP contribution in [0.4, 0.5) is 4.39 Å². The minimum absolute atomic E-state index is 0.167. The van der Waals surface area contributed by atoms with E-state index < -0.39 is 0 Å². The second-order valence-corrected chi connectivity index (χ2v) is 4.47. The zero-order chi connectivity index (χ0) is 11.0. The highest BCUT2D eigenvalue weighted by atomic mass is 19.1. The summed E-state index contributed by atoms with van der Waals surface area (Å²) in [7, 11) is 0. The Balaban J connectivity index is 2.56. The van der Waals surface area contributed by atoms with E-state index in [1.807, 2.05) is 6.20 Å². The largest absolute Gasteiger partial charge is 0.361 e. The Morgan fingerprint density at radius 1 is 1.20 bits per heavy atom. The molecule has 0 aliphatic heterocycles. The summed E-state index contributed by atoms with van der Waals surface area (Å²) in [5, 5.41) is 1.01. The molecule has 0 saturated heterocycles. The Hall–Kier alpha value is -1.31. The normalized spacial score (nSPS) is 13.7. The van der Waals surface area contributed by atoms with Crippen LogP contribution < -0.4 is 0 Å². The lowest BCUT2D eigenvalue weighted by Crippen LogP contribution is -2.00. The fourth-order valence-corrected chi connectivity index (χ4v) is 1.85. The molecule has 1 unspecified atom stereocenters. The average Bonchev–Trinajstić information content (AvgIpc) is 2.59. The first kappa shape index (κ1) is 10.2. The van der Waals surface area contributed by atoms with Gasteiger partial charge < -0.3 is 4.98 Å². The number of rotatable bonds is 2. The van der Waals surface area contributed by atoms with Crippen LogP contribution in [-0.2, 0) is 0 Å². The van der Waals surface area contributed by atoms with E-state index in [0.717, 1.165) is 10.9 Å². The van der Waals surface area contributed by atoms with E-state index in [-0.39, 0.29) is 5.82 Å². The monoisotopic (exact) mass is 205 g/mol. The van der Waals surface area contributed by atoms with Crippen LogP contribution in [0.5, 0.6) is 0 Å². The summed E-state index contributed by atoms with van der Waals surface area (Å²) in [5.74, 6) is 0.840. The standard InChI is InChI=1S/C13H16FN/c1-8(2)9(3)12-7-15-13-5-4-10(14)6-11(12)13/h4-9,15H,1-3H3. The SMILES string of the molecule is CC(C)C(C)c1c[nH]c2ccc(F)cc12. The second-order valence-electron chi connectivity index (χ2n) is 4.47. The lowest BCUT2D eigenvalue weighted by molar-refractivity contribution is 0.538. The molecule has 2 heteroatoms. The predicted molar refractivity (Wildman–Crippen MR) is 61.5 cm³/mol. The molecule has 0 fully saturated rings. The van der Waals surface area contributed by atoms with Crippen LogP contribution in [0, 0.1) is 11.7 Å². The molecule has 2 aromatic rings. The van der Waals surface area contributed by atoms with Crippen molar-refractivity contribution >= 4 is 10.9 Å². The fraction of sp³-hybridized carbons (Fsp3) is 0.385. The molecule has 0 aliphatic rings. The zero-order valence-corrected chi connectivity index (χ0v) is 9.34. The fourth-order valence-electron chi connectivity index (χ4n) is 1.85. The Morgan fingerprint density at radius 2 is 1.93 bits per heavy atom. The molecule has 0 saturated carbocycles. The Morgan fingerprint density at radius 3 is 2.60 bits per heavy atom. The van der Waals surface area contributed by atoms with Crippen molar-refractivity contribution in [1.82, 2.24) is 4.98 Å². The molecule has 80 valence electrons. The lowest BCUT2D eigenvalue weighted by atomic mass is 9.90. The van der Waals surface area contributed by atoms with Crippen molar-refractivity contribution in [3.63, 3.8) is 0 Å². The molecule has 1 heterocycles. The van der Waals surface area contributed by atoms with Crippen molar-refractivity contribution in [2.24, 2.45) is 5.92 Å². The summed E-state index contributed by atoms with van der Waals surface area (Å²) in [6.07, 6.45) is 1.99. The van der Waals surface area contributed by atoms with E-state index in [0.29, 0.717) is 11.8 Å². The quantitative estimate of drug-likeness (QED) is 0.760. The van der Waals surface area contributed by atoms with E-state index >= 15 is 0 Å². The number of aromatic amines is 1. The summed E-state index contributed by atoms with van der Waals surface area (Å²) >= 11 is 0. The first-order valence-electron chi connectivity index (χ1n) is 5.36. The number of benzene rings is 1. The molecular weight excluding hydrogens is 189 g/mol. The van der Waals surface area contributed by atoms with Gasteiger partial charge in [-0.15, -0.1) is 0 Å². The first-order chi connectivity index (χ1) is 7.09. The van der Waals surface area contributed by atoms with Gasteiger partial charge in [-0.3, -0.25) is 0 Å². The maximum atomic E-state index is 13.1. The van der Waals surface area contributed by atoms with Crippen LogP contribution in [0.25, 0.3) is 10.9 Å². The van der Waals surface area contributed by atoms with Gasteiger partial charge in [0, 0.05) is 17.1 Å². The first-order valence-corrected chi connectivity index (χ1v) is 5.36. The smallest absolute Gasteiger partial charge is 0.123 e. The van der Waals surface area contributed by atoms with Crippen molar-refractivity contribution in [2.45, 2.75) is 26.7 Å². The molecule has 1 nitrogen and oxygen atoms in total. The number of H-pyrrole nitrogens is 1. The van der Waals surface area contributed by atoms with E-state index in [2.05, 4.69) is 25.8 Å². The van der Waals surface area contributed by atoms with Crippen LogP contribution >= 0.6 is 0 Å². The summed E-state index contributed by atoms with van der Waals surface area (Å²) < 4.78 is 13.1. The second kappa shape index (κ2) is 3.69. The van der Waals surface area contributed by atoms with Crippen LogP contribution in [0.3, 0.4) is 0 Å². The van der Waals surface area contributed by atoms with E-state index in [1.165, 1.54) is 11.6 Å². The van der Waals surface area contributed by atoms with Crippen LogP contribution in [0.1, 0.15) is 32.3 Å². The number of hydrogen-bond acceptors (Lipinski definition) is 0. The summed E-state index contributed by atoms with van der Waals surface area (Å²) in [6.45, 7) is 6.55. The van der Waals surface area contributed by atoms with Gasteiger partial charge in [0.05, 0.1) is 0 Å². The Labute approximate surface area is 89.3 Å². The molecule has 15 heavy (non-hydrogen) atoms. The van der Waals surface area contributed by atoms with E-state index in [1.54, 1.807) is 12.1 Å². The van der Waals surface area contributed by atoms with Gasteiger partial charge in [-0.25, -0.2) is 4.39 Å². The van der Waals surface area contributed by atoms with Gasteiger partial charge in [0.2, 0.25) is 0 Å². The topological polar surface area (TPSA) is 15.8 Å². The third kappa shape index (κ3) is 1.76. The predicted octanol–water partition coefficient (Wildman–Crippen LogP) is 4.07. The third-order valence-corrected chi connectivity index (χ3v) is 3.17. The number of aromatic nitrogens is 1. The highest BCUT2D eigenvalue weighted by Gasteiger charge is 2.14. The van der Waals surface area contributed by atoms with Crippen molar-refractivity contribution in [3.05, 3.63) is 35.8 Å². The molecule has 1 atom stereocenters. The van der Waals surface area contributed by atoms with Gasteiger partial charge in [0.1, 0.15) is 5.82 Å². The van der Waals surface area contributed by atoms with Crippen LogP contribution in [0.15, 0.2) is 24.4 Å². The summed E-state index contributed by atoms with van der Waals surface area (Å²) in [4.78, 5) is 3.18. The van der Waals surface area contributed by atoms with Crippen molar-refractivity contribution in [1.29, 1.82) is 0 Å². The maximum absolute atomic E-state index is 13.1. The number of nitrogens with one attached hydrogen (secondary N) is 1. The molecule has 1 aromatic heterocycles. The molecule has 2 rings (SSSR count). The van der Waals surface area contributed by atoms with Crippen molar-refractivity contribution < 1.29 is 4.39 Å². The van der Waals surface area contributed by atoms with Crippen molar-refractivity contribution in [3.8, 4) is 0 Å². The van der Waals surface area contributed by atoms with Gasteiger partial charge in [-0.1, -0.05) is 20.8 Å². The van der Waals surface area contributed by atoms with Gasteiger partial charge >= 0.3 is 0 Å². The van der Waals surface area contributed by atoms with E-state index in [4.69, 9.17) is 0 Å².